The minimum Gasteiger partial charge on any atom is -0.497 e. The predicted octanol–water partition coefficient (Wildman–Crippen LogP) is 3.36. The zero-order chi connectivity index (χ0) is 10.4. The molecule has 0 aromatic heterocycles. The molecule has 0 saturated carbocycles. The van der Waals surface area contributed by atoms with Gasteiger partial charge in [0.15, 0.2) is 0 Å². The van der Waals surface area contributed by atoms with Crippen LogP contribution in [0.3, 0.4) is 0 Å². The molecule has 14 heavy (non-hydrogen) atoms. The van der Waals surface area contributed by atoms with Crippen LogP contribution in [0.2, 0.25) is 0 Å². The van der Waals surface area contributed by atoms with Crippen molar-refractivity contribution >= 4 is 11.9 Å². The Morgan fingerprint density at radius 3 is 2.43 bits per heavy atom. The molecule has 74 valence electrons. The van der Waals surface area contributed by atoms with Gasteiger partial charge in [-0.3, -0.25) is 4.99 Å². The van der Waals surface area contributed by atoms with E-state index >= 15 is 0 Å². The Morgan fingerprint density at radius 2 is 1.93 bits per heavy atom. The van der Waals surface area contributed by atoms with Crippen LogP contribution in [0.25, 0.3) is 0 Å². The fraction of sp³-hybridized carbons (Fsp3) is 0.250. The molecule has 0 aliphatic rings. The highest BCUT2D eigenvalue weighted by Gasteiger charge is 1.90. The van der Waals surface area contributed by atoms with Gasteiger partial charge in [-0.2, -0.15) is 0 Å². The summed E-state index contributed by atoms with van der Waals surface area (Å²) in [6.07, 6.45) is 3.87. The van der Waals surface area contributed by atoms with Crippen LogP contribution in [0.4, 0.5) is 5.69 Å². The SMILES string of the molecule is C/C=C(\C)C=Nc1ccc(OC)cc1. The lowest BCUT2D eigenvalue weighted by Gasteiger charge is -1.98. The predicted molar refractivity (Wildman–Crippen MR) is 60.6 cm³/mol. The van der Waals surface area contributed by atoms with Gasteiger partial charge in [0.1, 0.15) is 5.75 Å². The van der Waals surface area contributed by atoms with Crippen LogP contribution in [-0.4, -0.2) is 13.3 Å². The highest BCUT2D eigenvalue weighted by atomic mass is 16.5. The largest absolute Gasteiger partial charge is 0.497 e. The van der Waals surface area contributed by atoms with Crippen LogP contribution in [0, 0.1) is 0 Å². The number of hydrogen-bond acceptors (Lipinski definition) is 2. The maximum atomic E-state index is 5.05. The summed E-state index contributed by atoms with van der Waals surface area (Å²) in [7, 11) is 1.66. The lowest BCUT2D eigenvalue weighted by molar-refractivity contribution is 0.415. The first-order chi connectivity index (χ1) is 6.76. The maximum Gasteiger partial charge on any atom is 0.119 e. The lowest BCUT2D eigenvalue weighted by atomic mass is 10.3. The van der Waals surface area contributed by atoms with Crippen LogP contribution >= 0.6 is 0 Å². The van der Waals surface area contributed by atoms with Crippen LogP contribution in [0.15, 0.2) is 40.9 Å². The van der Waals surface area contributed by atoms with E-state index in [1.54, 1.807) is 7.11 Å². The summed E-state index contributed by atoms with van der Waals surface area (Å²) in [5.41, 5.74) is 2.09. The molecule has 0 N–H and O–H groups in total. The van der Waals surface area contributed by atoms with Gasteiger partial charge in [0.2, 0.25) is 0 Å². The van der Waals surface area contributed by atoms with E-state index in [2.05, 4.69) is 4.99 Å². The minimum atomic E-state index is 0.853. The first-order valence-electron chi connectivity index (χ1n) is 4.57. The fourth-order valence-corrected chi connectivity index (χ4v) is 0.919. The van der Waals surface area contributed by atoms with E-state index in [0.29, 0.717) is 0 Å². The van der Waals surface area contributed by atoms with Gasteiger partial charge < -0.3 is 4.74 Å². The standard InChI is InChI=1S/C12H15NO/c1-4-10(2)9-13-11-5-7-12(14-3)8-6-11/h4-9H,1-3H3/b10-4+,13-9?. The summed E-state index contributed by atoms with van der Waals surface area (Å²) in [6.45, 7) is 4.02. The summed E-state index contributed by atoms with van der Waals surface area (Å²) < 4.78 is 5.05. The molecule has 2 heteroatoms. The highest BCUT2D eigenvalue weighted by Crippen LogP contribution is 2.17. The Labute approximate surface area is 84.9 Å². The van der Waals surface area contributed by atoms with Gasteiger partial charge in [0, 0.05) is 6.21 Å². The molecule has 0 saturated heterocycles. The molecule has 0 fully saturated rings. The summed E-state index contributed by atoms with van der Waals surface area (Å²) in [5, 5.41) is 0. The van der Waals surface area contributed by atoms with Crippen molar-refractivity contribution in [1.29, 1.82) is 0 Å². The van der Waals surface area contributed by atoms with Gasteiger partial charge in [-0.05, 0) is 43.7 Å². The Kier molecular flexibility index (Phi) is 3.92. The molecule has 1 aromatic carbocycles. The van der Waals surface area contributed by atoms with Gasteiger partial charge >= 0.3 is 0 Å². The second kappa shape index (κ2) is 5.22. The quantitative estimate of drug-likeness (QED) is 0.668. The monoisotopic (exact) mass is 189 g/mol. The molecule has 0 spiro atoms. The van der Waals surface area contributed by atoms with Crippen molar-refractivity contribution in [2.75, 3.05) is 7.11 Å². The number of hydrogen-bond donors (Lipinski definition) is 0. The molecular weight excluding hydrogens is 174 g/mol. The molecule has 0 unspecified atom stereocenters. The van der Waals surface area contributed by atoms with E-state index in [0.717, 1.165) is 17.0 Å². The Hall–Kier alpha value is -1.57. The van der Waals surface area contributed by atoms with Crippen molar-refractivity contribution < 1.29 is 4.74 Å². The molecule has 1 aromatic rings. The Bertz CT molecular complexity index is 336. The number of allylic oxidation sites excluding steroid dienone is 2. The van der Waals surface area contributed by atoms with E-state index in [1.165, 1.54) is 0 Å². The molecule has 0 aliphatic carbocycles. The molecule has 2 nitrogen and oxygen atoms in total. The van der Waals surface area contributed by atoms with E-state index in [4.69, 9.17) is 4.74 Å². The summed E-state index contributed by atoms with van der Waals surface area (Å²) in [6, 6.07) is 7.66. The topological polar surface area (TPSA) is 21.6 Å². The average molecular weight is 189 g/mol. The number of ether oxygens (including phenoxy) is 1. The number of rotatable bonds is 3. The zero-order valence-electron chi connectivity index (χ0n) is 8.82. The average Bonchev–Trinajstić information content (AvgIpc) is 2.26. The third-order valence-electron chi connectivity index (χ3n) is 1.95. The van der Waals surface area contributed by atoms with Gasteiger partial charge in [-0.1, -0.05) is 6.08 Å². The van der Waals surface area contributed by atoms with E-state index < -0.39 is 0 Å². The van der Waals surface area contributed by atoms with Crippen molar-refractivity contribution in [3.05, 3.63) is 35.9 Å². The molecule has 0 atom stereocenters. The fourth-order valence-electron chi connectivity index (χ4n) is 0.919. The van der Waals surface area contributed by atoms with Crippen LogP contribution in [-0.2, 0) is 0 Å². The van der Waals surface area contributed by atoms with Gasteiger partial charge in [-0.25, -0.2) is 0 Å². The van der Waals surface area contributed by atoms with E-state index in [9.17, 15) is 0 Å². The zero-order valence-corrected chi connectivity index (χ0v) is 8.82. The third-order valence-corrected chi connectivity index (χ3v) is 1.95. The summed E-state index contributed by atoms with van der Waals surface area (Å²) in [5.74, 6) is 0.853. The smallest absolute Gasteiger partial charge is 0.119 e. The molecule has 0 bridgehead atoms. The maximum absolute atomic E-state index is 5.05. The normalized spacial score (nSPS) is 12.1. The van der Waals surface area contributed by atoms with Crippen LogP contribution < -0.4 is 4.74 Å². The van der Waals surface area contributed by atoms with Gasteiger partial charge in [-0.15, -0.1) is 0 Å². The van der Waals surface area contributed by atoms with Crippen molar-refractivity contribution in [1.82, 2.24) is 0 Å². The first-order valence-corrected chi connectivity index (χ1v) is 4.57. The second-order valence-electron chi connectivity index (χ2n) is 2.99. The third kappa shape index (κ3) is 3.05. The highest BCUT2D eigenvalue weighted by molar-refractivity contribution is 5.80. The number of methoxy groups -OCH3 is 1. The molecule has 1 rings (SSSR count). The van der Waals surface area contributed by atoms with Crippen LogP contribution in [0.1, 0.15) is 13.8 Å². The molecule has 0 radical (unpaired) electrons. The van der Waals surface area contributed by atoms with Crippen molar-refractivity contribution in [3.63, 3.8) is 0 Å². The molecule has 0 heterocycles. The first kappa shape index (κ1) is 10.5. The van der Waals surface area contributed by atoms with Crippen molar-refractivity contribution in [2.45, 2.75) is 13.8 Å². The van der Waals surface area contributed by atoms with Gasteiger partial charge in [0.05, 0.1) is 12.8 Å². The van der Waals surface area contributed by atoms with E-state index in [1.807, 2.05) is 50.4 Å². The van der Waals surface area contributed by atoms with Crippen LogP contribution in [0.5, 0.6) is 5.75 Å². The van der Waals surface area contributed by atoms with Crippen molar-refractivity contribution in [3.8, 4) is 5.75 Å². The number of aliphatic imine (C=N–C) groups is 1. The van der Waals surface area contributed by atoms with Crippen molar-refractivity contribution in [2.24, 2.45) is 4.99 Å². The summed E-state index contributed by atoms with van der Waals surface area (Å²) in [4.78, 5) is 4.30. The number of nitrogens with zero attached hydrogens (tertiary/aromatic N) is 1. The molecular formula is C12H15NO. The second-order valence-corrected chi connectivity index (χ2v) is 2.99. The molecule has 0 amide bonds. The number of benzene rings is 1. The Balaban J connectivity index is 2.73. The Morgan fingerprint density at radius 1 is 1.29 bits per heavy atom. The van der Waals surface area contributed by atoms with Gasteiger partial charge in [0.25, 0.3) is 0 Å². The summed E-state index contributed by atoms with van der Waals surface area (Å²) >= 11 is 0. The lowest BCUT2D eigenvalue weighted by Crippen LogP contribution is -1.80. The van der Waals surface area contributed by atoms with E-state index in [-0.39, 0.29) is 0 Å². The minimum absolute atomic E-state index is 0.853. The molecule has 0 aliphatic heterocycles.